The molecule has 0 aliphatic rings. The lowest BCUT2D eigenvalue weighted by molar-refractivity contribution is -0.148. The van der Waals surface area contributed by atoms with Crippen LogP contribution in [0.5, 0.6) is 0 Å². The third-order valence-corrected chi connectivity index (χ3v) is 3.79. The second-order valence-electron chi connectivity index (χ2n) is 5.67. The van der Waals surface area contributed by atoms with E-state index in [2.05, 4.69) is 4.98 Å². The van der Waals surface area contributed by atoms with Crippen LogP contribution >= 0.6 is 0 Å². The van der Waals surface area contributed by atoms with Crippen LogP contribution in [-0.2, 0) is 14.3 Å². The van der Waals surface area contributed by atoms with Crippen LogP contribution in [0.25, 0.3) is 17.2 Å². The molecular formula is C20H18N2O4. The molecule has 1 atom stereocenters. The van der Waals surface area contributed by atoms with E-state index in [9.17, 15) is 9.59 Å². The minimum absolute atomic E-state index is 0.295. The Morgan fingerprint density at radius 3 is 2.54 bits per heavy atom. The van der Waals surface area contributed by atoms with Gasteiger partial charge in [-0.05, 0) is 31.2 Å². The minimum atomic E-state index is -0.916. The van der Waals surface area contributed by atoms with Gasteiger partial charge in [0.25, 0.3) is 5.91 Å². The van der Waals surface area contributed by atoms with Crippen LogP contribution in [0.1, 0.15) is 12.8 Å². The number of carbonyl (C=O) groups is 2. The zero-order chi connectivity index (χ0) is 18.5. The SMILES string of the molecule is C[C@H](OC(=O)/C=C/c1nc2ccccc2o1)C(=O)N(C)c1ccccc1. The smallest absolute Gasteiger partial charge is 0.331 e. The van der Waals surface area contributed by atoms with Crippen molar-refractivity contribution in [3.05, 3.63) is 66.6 Å². The molecule has 1 amide bonds. The lowest BCUT2D eigenvalue weighted by Gasteiger charge is -2.21. The van der Waals surface area contributed by atoms with Gasteiger partial charge >= 0.3 is 5.97 Å². The molecule has 0 saturated heterocycles. The first kappa shape index (κ1) is 17.4. The molecule has 3 aromatic rings. The summed E-state index contributed by atoms with van der Waals surface area (Å²) < 4.78 is 10.7. The van der Waals surface area contributed by atoms with Crippen molar-refractivity contribution in [2.75, 3.05) is 11.9 Å². The number of likely N-dealkylation sites (N-methyl/N-ethyl adjacent to an activating group) is 1. The molecule has 0 radical (unpaired) electrons. The number of esters is 1. The van der Waals surface area contributed by atoms with Crippen molar-refractivity contribution in [2.24, 2.45) is 0 Å². The van der Waals surface area contributed by atoms with E-state index in [4.69, 9.17) is 9.15 Å². The van der Waals surface area contributed by atoms with Gasteiger partial charge in [-0.3, -0.25) is 4.79 Å². The number of para-hydroxylation sites is 3. The maximum absolute atomic E-state index is 12.4. The second kappa shape index (κ2) is 7.65. The molecule has 0 aliphatic heterocycles. The Balaban J connectivity index is 1.60. The summed E-state index contributed by atoms with van der Waals surface area (Å²) in [6.45, 7) is 1.53. The zero-order valence-electron chi connectivity index (χ0n) is 14.5. The summed E-state index contributed by atoms with van der Waals surface area (Å²) in [6, 6.07) is 16.4. The van der Waals surface area contributed by atoms with Crippen LogP contribution in [0.15, 0.2) is 65.1 Å². The number of fused-ring (bicyclic) bond motifs is 1. The number of hydrogen-bond donors (Lipinski definition) is 0. The molecule has 3 rings (SSSR count). The summed E-state index contributed by atoms with van der Waals surface area (Å²) in [5.41, 5.74) is 2.06. The fourth-order valence-corrected chi connectivity index (χ4v) is 2.42. The summed E-state index contributed by atoms with van der Waals surface area (Å²) in [6.07, 6.45) is 1.69. The Morgan fingerprint density at radius 2 is 1.81 bits per heavy atom. The van der Waals surface area contributed by atoms with E-state index in [-0.39, 0.29) is 5.91 Å². The number of rotatable bonds is 5. The second-order valence-corrected chi connectivity index (χ2v) is 5.67. The molecule has 0 fully saturated rings. The number of oxazole rings is 1. The van der Waals surface area contributed by atoms with E-state index < -0.39 is 12.1 Å². The Bertz CT molecular complexity index is 914. The predicted octanol–water partition coefficient (Wildman–Crippen LogP) is 3.44. The number of hydrogen-bond acceptors (Lipinski definition) is 5. The third kappa shape index (κ3) is 3.97. The molecule has 6 nitrogen and oxygen atoms in total. The highest BCUT2D eigenvalue weighted by Gasteiger charge is 2.21. The highest BCUT2D eigenvalue weighted by atomic mass is 16.5. The number of ether oxygens (including phenoxy) is 1. The van der Waals surface area contributed by atoms with Crippen LogP contribution in [0.4, 0.5) is 5.69 Å². The molecule has 1 aromatic heterocycles. The first-order valence-electron chi connectivity index (χ1n) is 8.11. The lowest BCUT2D eigenvalue weighted by atomic mass is 10.2. The zero-order valence-corrected chi connectivity index (χ0v) is 14.5. The first-order valence-corrected chi connectivity index (χ1v) is 8.11. The van der Waals surface area contributed by atoms with Crippen molar-refractivity contribution in [3.63, 3.8) is 0 Å². The van der Waals surface area contributed by atoms with Crippen molar-refractivity contribution >= 4 is 34.7 Å². The number of aromatic nitrogens is 1. The first-order chi connectivity index (χ1) is 12.5. The minimum Gasteiger partial charge on any atom is -0.449 e. The summed E-state index contributed by atoms with van der Waals surface area (Å²) in [5.74, 6) is -0.669. The van der Waals surface area contributed by atoms with E-state index in [0.29, 0.717) is 17.0 Å². The van der Waals surface area contributed by atoms with Gasteiger partial charge in [0, 0.05) is 24.9 Å². The number of carbonyl (C=O) groups excluding carboxylic acids is 2. The number of benzene rings is 2. The molecule has 0 aliphatic carbocycles. The molecule has 0 spiro atoms. The van der Waals surface area contributed by atoms with E-state index in [1.165, 1.54) is 24.0 Å². The maximum atomic E-state index is 12.4. The molecule has 26 heavy (non-hydrogen) atoms. The van der Waals surface area contributed by atoms with E-state index >= 15 is 0 Å². The Hall–Kier alpha value is -3.41. The van der Waals surface area contributed by atoms with Crippen molar-refractivity contribution in [1.82, 2.24) is 4.98 Å². The molecule has 2 aromatic carbocycles. The fraction of sp³-hybridized carbons (Fsp3) is 0.150. The van der Waals surface area contributed by atoms with Gasteiger partial charge in [-0.25, -0.2) is 9.78 Å². The summed E-state index contributed by atoms with van der Waals surface area (Å²) in [7, 11) is 1.64. The van der Waals surface area contributed by atoms with E-state index in [1.807, 2.05) is 36.4 Å². The monoisotopic (exact) mass is 350 g/mol. The van der Waals surface area contributed by atoms with Gasteiger partial charge in [-0.15, -0.1) is 0 Å². The van der Waals surface area contributed by atoms with Crippen LogP contribution in [0.3, 0.4) is 0 Å². The van der Waals surface area contributed by atoms with Crippen LogP contribution in [0.2, 0.25) is 0 Å². The van der Waals surface area contributed by atoms with Gasteiger partial charge in [0.05, 0.1) is 0 Å². The maximum Gasteiger partial charge on any atom is 0.331 e. The summed E-state index contributed by atoms with van der Waals surface area (Å²) in [5, 5.41) is 0. The molecule has 0 bridgehead atoms. The number of amides is 1. The van der Waals surface area contributed by atoms with Crippen molar-refractivity contribution in [3.8, 4) is 0 Å². The van der Waals surface area contributed by atoms with Crippen LogP contribution in [0, 0.1) is 0 Å². The third-order valence-electron chi connectivity index (χ3n) is 3.79. The van der Waals surface area contributed by atoms with Gasteiger partial charge in [0.2, 0.25) is 5.89 Å². The molecule has 1 heterocycles. The number of nitrogens with zero attached hydrogens (tertiary/aromatic N) is 2. The largest absolute Gasteiger partial charge is 0.449 e. The lowest BCUT2D eigenvalue weighted by Crippen LogP contribution is -2.37. The average Bonchev–Trinajstić information content (AvgIpc) is 3.09. The summed E-state index contributed by atoms with van der Waals surface area (Å²) >= 11 is 0. The molecule has 0 saturated carbocycles. The highest BCUT2D eigenvalue weighted by molar-refractivity contribution is 5.98. The van der Waals surface area contributed by atoms with Crippen molar-refractivity contribution in [2.45, 2.75) is 13.0 Å². The molecule has 132 valence electrons. The Morgan fingerprint density at radius 1 is 1.12 bits per heavy atom. The molecule has 0 N–H and O–H groups in total. The van der Waals surface area contributed by atoms with Gasteiger partial charge in [-0.1, -0.05) is 30.3 Å². The Kier molecular flexibility index (Phi) is 5.12. The van der Waals surface area contributed by atoms with Gasteiger partial charge < -0.3 is 14.1 Å². The van der Waals surface area contributed by atoms with Gasteiger partial charge in [-0.2, -0.15) is 0 Å². The topological polar surface area (TPSA) is 72.6 Å². The van der Waals surface area contributed by atoms with E-state index in [0.717, 1.165) is 5.69 Å². The van der Waals surface area contributed by atoms with E-state index in [1.54, 1.807) is 25.2 Å². The van der Waals surface area contributed by atoms with Gasteiger partial charge in [0.15, 0.2) is 11.7 Å². The normalized spacial score (nSPS) is 12.2. The Labute approximate surface area is 150 Å². The predicted molar refractivity (Wildman–Crippen MR) is 98.4 cm³/mol. The molecule has 0 unspecified atom stereocenters. The van der Waals surface area contributed by atoms with Crippen molar-refractivity contribution < 1.29 is 18.7 Å². The molecular weight excluding hydrogens is 332 g/mol. The fourth-order valence-electron chi connectivity index (χ4n) is 2.42. The molecule has 6 heteroatoms. The van der Waals surface area contributed by atoms with Crippen molar-refractivity contribution in [1.29, 1.82) is 0 Å². The highest BCUT2D eigenvalue weighted by Crippen LogP contribution is 2.16. The van der Waals surface area contributed by atoms with Crippen LogP contribution in [-0.4, -0.2) is 30.0 Å². The summed E-state index contributed by atoms with van der Waals surface area (Å²) in [4.78, 5) is 30.0. The standard InChI is InChI=1S/C20H18N2O4/c1-14(20(24)22(2)15-8-4-3-5-9-15)25-19(23)13-12-18-21-16-10-6-7-11-17(16)26-18/h3-14H,1-2H3/b13-12+/t14-/m0/s1. The quantitative estimate of drug-likeness (QED) is 0.521. The van der Waals surface area contributed by atoms with Crippen LogP contribution < -0.4 is 4.90 Å². The number of anilines is 1. The van der Waals surface area contributed by atoms with Gasteiger partial charge in [0.1, 0.15) is 5.52 Å². The average molecular weight is 350 g/mol.